The lowest BCUT2D eigenvalue weighted by Gasteiger charge is -2.25. The monoisotopic (exact) mass is 312 g/mol. The lowest BCUT2D eigenvalue weighted by molar-refractivity contribution is -0.120. The number of carboxylic acids is 1. The highest BCUT2D eigenvalue weighted by molar-refractivity contribution is 6.04. The number of nitrogens with two attached hydrogens (primary N) is 1. The van der Waals surface area contributed by atoms with Crippen molar-refractivity contribution in [3.8, 4) is 0 Å². The van der Waals surface area contributed by atoms with Gasteiger partial charge in [0.1, 0.15) is 0 Å². The first kappa shape index (κ1) is 16.5. The number of nitrogen functional groups attached to an aromatic ring is 1. The van der Waals surface area contributed by atoms with Crippen LogP contribution in [0.15, 0.2) is 42.5 Å². The van der Waals surface area contributed by atoms with Crippen molar-refractivity contribution in [2.24, 2.45) is 0 Å². The van der Waals surface area contributed by atoms with Gasteiger partial charge in [0.15, 0.2) is 0 Å². The van der Waals surface area contributed by atoms with E-state index in [-0.39, 0.29) is 17.2 Å². The first-order valence-electron chi connectivity index (χ1n) is 7.23. The Hall–Kier alpha value is -2.82. The Bertz CT molecular complexity index is 749. The molecule has 0 saturated carbocycles. The number of nitrogens with one attached hydrogen (secondary N) is 1. The molecule has 5 nitrogen and oxygen atoms in total. The maximum atomic E-state index is 12.6. The normalized spacial score (nSPS) is 11.1. The van der Waals surface area contributed by atoms with Crippen LogP contribution in [0.1, 0.15) is 35.3 Å². The first-order valence-corrected chi connectivity index (χ1v) is 7.23. The highest BCUT2D eigenvalue weighted by Gasteiger charge is 2.30. The maximum absolute atomic E-state index is 12.6. The van der Waals surface area contributed by atoms with Gasteiger partial charge < -0.3 is 16.2 Å². The molecule has 120 valence electrons. The summed E-state index contributed by atoms with van der Waals surface area (Å²) in [5.74, 6) is -1.36. The Morgan fingerprint density at radius 1 is 1.09 bits per heavy atom. The minimum Gasteiger partial charge on any atom is -0.478 e. The average Bonchev–Trinajstić information content (AvgIpc) is 2.49. The molecule has 0 bridgehead atoms. The van der Waals surface area contributed by atoms with Gasteiger partial charge in [-0.15, -0.1) is 0 Å². The topological polar surface area (TPSA) is 92.4 Å². The van der Waals surface area contributed by atoms with Gasteiger partial charge in [0.2, 0.25) is 5.91 Å². The number of amides is 1. The Kier molecular flexibility index (Phi) is 4.40. The first-order chi connectivity index (χ1) is 10.7. The molecule has 0 aromatic heterocycles. The van der Waals surface area contributed by atoms with Gasteiger partial charge in [0.25, 0.3) is 0 Å². The van der Waals surface area contributed by atoms with E-state index in [2.05, 4.69) is 5.32 Å². The minimum absolute atomic E-state index is 0.0754. The van der Waals surface area contributed by atoms with Crippen LogP contribution < -0.4 is 11.1 Å². The summed E-state index contributed by atoms with van der Waals surface area (Å²) in [6.07, 6.45) is 0. The molecule has 23 heavy (non-hydrogen) atoms. The predicted octanol–water partition coefficient (Wildman–Crippen LogP) is 3.19. The Morgan fingerprint density at radius 3 is 2.26 bits per heavy atom. The highest BCUT2D eigenvalue weighted by atomic mass is 16.4. The quantitative estimate of drug-likeness (QED) is 0.756. The number of carboxylic acid groups (broad SMARTS) is 1. The minimum atomic E-state index is -1.07. The van der Waals surface area contributed by atoms with Crippen LogP contribution >= 0.6 is 0 Å². The number of rotatable bonds is 4. The predicted molar refractivity (Wildman–Crippen MR) is 90.6 cm³/mol. The van der Waals surface area contributed by atoms with Gasteiger partial charge in [-0.3, -0.25) is 4.79 Å². The number of carbonyl (C=O) groups is 2. The summed E-state index contributed by atoms with van der Waals surface area (Å²) in [5.41, 5.74) is 7.45. The molecule has 2 rings (SSSR count). The molecule has 5 heteroatoms. The molecule has 2 aromatic carbocycles. The number of benzene rings is 2. The number of anilines is 2. The largest absolute Gasteiger partial charge is 0.478 e. The van der Waals surface area contributed by atoms with Gasteiger partial charge in [-0.2, -0.15) is 0 Å². The van der Waals surface area contributed by atoms with E-state index in [0.29, 0.717) is 5.69 Å². The van der Waals surface area contributed by atoms with Crippen molar-refractivity contribution in [3.63, 3.8) is 0 Å². The van der Waals surface area contributed by atoms with Gasteiger partial charge in [-0.05, 0) is 50.6 Å². The average molecular weight is 312 g/mol. The number of aryl methyl sites for hydroxylation is 1. The summed E-state index contributed by atoms with van der Waals surface area (Å²) >= 11 is 0. The van der Waals surface area contributed by atoms with Gasteiger partial charge in [0.05, 0.1) is 16.7 Å². The van der Waals surface area contributed by atoms with Crippen LogP contribution in [-0.4, -0.2) is 17.0 Å². The molecule has 4 N–H and O–H groups in total. The van der Waals surface area contributed by atoms with Crippen molar-refractivity contribution in [1.82, 2.24) is 0 Å². The van der Waals surface area contributed by atoms with Crippen LogP contribution in [0.5, 0.6) is 0 Å². The number of carbonyl (C=O) groups excluding carboxylic acids is 1. The van der Waals surface area contributed by atoms with E-state index in [1.54, 1.807) is 57.2 Å². The molecule has 0 aliphatic rings. The molecular weight excluding hydrogens is 292 g/mol. The molecule has 0 aliphatic heterocycles. The number of hydrogen-bond acceptors (Lipinski definition) is 3. The third kappa shape index (κ3) is 3.51. The molecule has 0 unspecified atom stereocenters. The molecule has 0 spiro atoms. The Balaban J connectivity index is 2.31. The maximum Gasteiger partial charge on any atom is 0.337 e. The smallest absolute Gasteiger partial charge is 0.337 e. The van der Waals surface area contributed by atoms with Gasteiger partial charge in [-0.25, -0.2) is 4.79 Å². The van der Waals surface area contributed by atoms with Crippen LogP contribution in [-0.2, 0) is 10.2 Å². The van der Waals surface area contributed by atoms with E-state index in [1.807, 2.05) is 0 Å². The lowest BCUT2D eigenvalue weighted by Crippen LogP contribution is -2.35. The summed E-state index contributed by atoms with van der Waals surface area (Å²) in [5, 5.41) is 12.0. The second-order valence-corrected chi connectivity index (χ2v) is 6.06. The zero-order chi connectivity index (χ0) is 17.2. The summed E-state index contributed by atoms with van der Waals surface area (Å²) in [6.45, 7) is 5.36. The van der Waals surface area contributed by atoms with Crippen molar-refractivity contribution in [1.29, 1.82) is 0 Å². The summed E-state index contributed by atoms with van der Waals surface area (Å²) < 4.78 is 0. The highest BCUT2D eigenvalue weighted by Crippen LogP contribution is 2.27. The van der Waals surface area contributed by atoms with E-state index in [4.69, 9.17) is 5.73 Å². The molecule has 0 atom stereocenters. The van der Waals surface area contributed by atoms with Crippen LogP contribution in [0.3, 0.4) is 0 Å². The third-order valence-electron chi connectivity index (χ3n) is 3.85. The fraction of sp³-hybridized carbons (Fsp3) is 0.222. The van der Waals surface area contributed by atoms with E-state index >= 15 is 0 Å². The van der Waals surface area contributed by atoms with E-state index in [0.717, 1.165) is 11.1 Å². The fourth-order valence-corrected chi connectivity index (χ4v) is 2.25. The standard InChI is InChI=1S/C18H20N2O3/c1-11-4-9-15(14(10-11)16(21)22)20-17(23)18(2,3)12-5-7-13(19)8-6-12/h4-10H,19H2,1-3H3,(H,20,23)(H,21,22). The second kappa shape index (κ2) is 6.12. The zero-order valence-corrected chi connectivity index (χ0v) is 13.4. The lowest BCUT2D eigenvalue weighted by atomic mass is 9.83. The molecule has 0 saturated heterocycles. The SMILES string of the molecule is Cc1ccc(NC(=O)C(C)(C)c2ccc(N)cc2)c(C(=O)O)c1. The Labute approximate surface area is 135 Å². The number of hydrogen-bond donors (Lipinski definition) is 3. The van der Waals surface area contributed by atoms with Gasteiger partial charge in [-0.1, -0.05) is 23.8 Å². The summed E-state index contributed by atoms with van der Waals surface area (Å²) in [4.78, 5) is 24.0. The Morgan fingerprint density at radius 2 is 1.70 bits per heavy atom. The van der Waals surface area contributed by atoms with Gasteiger partial charge >= 0.3 is 5.97 Å². The molecule has 0 radical (unpaired) electrons. The fourth-order valence-electron chi connectivity index (χ4n) is 2.25. The molecule has 0 heterocycles. The number of aromatic carboxylic acids is 1. The second-order valence-electron chi connectivity index (χ2n) is 6.06. The van der Waals surface area contributed by atoms with Gasteiger partial charge in [0, 0.05) is 5.69 Å². The summed E-state index contributed by atoms with van der Waals surface area (Å²) in [7, 11) is 0. The van der Waals surface area contributed by atoms with Crippen LogP contribution in [0.2, 0.25) is 0 Å². The van der Waals surface area contributed by atoms with Crippen LogP contribution in [0.25, 0.3) is 0 Å². The van der Waals surface area contributed by atoms with E-state index in [1.165, 1.54) is 6.07 Å². The molecule has 0 fully saturated rings. The van der Waals surface area contributed by atoms with Crippen molar-refractivity contribution in [2.45, 2.75) is 26.2 Å². The molecule has 1 amide bonds. The molecule has 0 aliphatic carbocycles. The van der Waals surface area contributed by atoms with E-state index in [9.17, 15) is 14.7 Å². The van der Waals surface area contributed by atoms with Crippen molar-refractivity contribution >= 4 is 23.3 Å². The van der Waals surface area contributed by atoms with E-state index < -0.39 is 11.4 Å². The van der Waals surface area contributed by atoms with Crippen molar-refractivity contribution in [2.75, 3.05) is 11.1 Å². The summed E-state index contributed by atoms with van der Waals surface area (Å²) in [6, 6.07) is 12.0. The van der Waals surface area contributed by atoms with Crippen molar-refractivity contribution in [3.05, 3.63) is 59.2 Å². The molecular formula is C18H20N2O3. The van der Waals surface area contributed by atoms with Crippen LogP contribution in [0.4, 0.5) is 11.4 Å². The zero-order valence-electron chi connectivity index (χ0n) is 13.4. The van der Waals surface area contributed by atoms with Crippen LogP contribution in [0, 0.1) is 6.92 Å². The third-order valence-corrected chi connectivity index (χ3v) is 3.85. The van der Waals surface area contributed by atoms with Crippen molar-refractivity contribution < 1.29 is 14.7 Å². The molecule has 2 aromatic rings.